The number of aliphatic imine (C=N–C) groups is 1. The van der Waals surface area contributed by atoms with E-state index in [0.29, 0.717) is 0 Å². The summed E-state index contributed by atoms with van der Waals surface area (Å²) in [6, 6.07) is 16.3. The molecule has 0 amide bonds. The standard InChI is InChI=1S/C15H15N3/c16-14-12(11-5-2-1-3-6-11)7-4-8-13(14)15-17-9-10-18-15/h1-8H,9-10,16H2,(H,17,18). The first kappa shape index (κ1) is 10.8. The number of hydrogen-bond donors (Lipinski definition) is 2. The molecule has 3 rings (SSSR count). The number of para-hydroxylation sites is 1. The minimum atomic E-state index is 0.789. The highest BCUT2D eigenvalue weighted by Crippen LogP contribution is 2.28. The van der Waals surface area contributed by atoms with Crippen LogP contribution in [0.4, 0.5) is 5.69 Å². The highest BCUT2D eigenvalue weighted by molar-refractivity contribution is 6.06. The molecule has 90 valence electrons. The minimum Gasteiger partial charge on any atom is -0.398 e. The first-order valence-corrected chi connectivity index (χ1v) is 6.09. The van der Waals surface area contributed by atoms with Crippen molar-refractivity contribution in [2.75, 3.05) is 18.8 Å². The van der Waals surface area contributed by atoms with Crippen LogP contribution in [0.5, 0.6) is 0 Å². The van der Waals surface area contributed by atoms with Crippen LogP contribution in [-0.2, 0) is 0 Å². The van der Waals surface area contributed by atoms with Crippen LogP contribution in [-0.4, -0.2) is 18.9 Å². The van der Waals surface area contributed by atoms with Crippen LogP contribution in [0.3, 0.4) is 0 Å². The third kappa shape index (κ3) is 1.84. The third-order valence-electron chi connectivity index (χ3n) is 3.12. The summed E-state index contributed by atoms with van der Waals surface area (Å²) in [5.74, 6) is 0.908. The van der Waals surface area contributed by atoms with E-state index in [2.05, 4.69) is 22.4 Å². The number of benzene rings is 2. The molecule has 0 saturated carbocycles. The topological polar surface area (TPSA) is 50.4 Å². The third-order valence-corrected chi connectivity index (χ3v) is 3.12. The lowest BCUT2D eigenvalue weighted by Crippen LogP contribution is -2.20. The first-order valence-electron chi connectivity index (χ1n) is 6.09. The van der Waals surface area contributed by atoms with Gasteiger partial charge in [-0.2, -0.15) is 0 Å². The molecule has 0 fully saturated rings. The Morgan fingerprint density at radius 2 is 1.72 bits per heavy atom. The highest BCUT2D eigenvalue weighted by Gasteiger charge is 2.13. The number of rotatable bonds is 2. The number of anilines is 1. The van der Waals surface area contributed by atoms with Gasteiger partial charge in [0.15, 0.2) is 0 Å². The van der Waals surface area contributed by atoms with Crippen molar-refractivity contribution in [3.8, 4) is 11.1 Å². The van der Waals surface area contributed by atoms with Crippen molar-refractivity contribution < 1.29 is 0 Å². The molecule has 0 aromatic heterocycles. The fourth-order valence-electron chi connectivity index (χ4n) is 2.22. The molecule has 0 radical (unpaired) electrons. The van der Waals surface area contributed by atoms with E-state index in [1.54, 1.807) is 0 Å². The van der Waals surface area contributed by atoms with Crippen molar-refractivity contribution >= 4 is 11.5 Å². The van der Waals surface area contributed by atoms with E-state index in [9.17, 15) is 0 Å². The van der Waals surface area contributed by atoms with Gasteiger partial charge in [0.25, 0.3) is 0 Å². The Morgan fingerprint density at radius 3 is 2.44 bits per heavy atom. The van der Waals surface area contributed by atoms with Crippen molar-refractivity contribution in [3.05, 3.63) is 54.1 Å². The summed E-state index contributed by atoms with van der Waals surface area (Å²) in [5, 5.41) is 3.26. The second kappa shape index (κ2) is 4.53. The Bertz CT molecular complexity index is 588. The van der Waals surface area contributed by atoms with Gasteiger partial charge in [-0.3, -0.25) is 4.99 Å². The zero-order chi connectivity index (χ0) is 12.4. The van der Waals surface area contributed by atoms with Crippen LogP contribution in [0.1, 0.15) is 5.56 Å². The maximum atomic E-state index is 6.27. The summed E-state index contributed by atoms with van der Waals surface area (Å²) in [6.45, 7) is 1.72. The molecule has 1 aliphatic heterocycles. The Hall–Kier alpha value is -2.29. The van der Waals surface area contributed by atoms with Gasteiger partial charge in [0.1, 0.15) is 5.84 Å². The molecule has 0 spiro atoms. The summed E-state index contributed by atoms with van der Waals surface area (Å²) in [6.07, 6.45) is 0. The number of hydrogen-bond acceptors (Lipinski definition) is 3. The lowest BCUT2D eigenvalue weighted by molar-refractivity contribution is 0.960. The average molecular weight is 237 g/mol. The van der Waals surface area contributed by atoms with Crippen molar-refractivity contribution in [1.82, 2.24) is 5.32 Å². The van der Waals surface area contributed by atoms with Crippen LogP contribution < -0.4 is 11.1 Å². The van der Waals surface area contributed by atoms with Crippen molar-refractivity contribution in [2.45, 2.75) is 0 Å². The fourth-order valence-corrected chi connectivity index (χ4v) is 2.22. The van der Waals surface area contributed by atoms with Crippen molar-refractivity contribution in [1.29, 1.82) is 0 Å². The Morgan fingerprint density at radius 1 is 0.944 bits per heavy atom. The molecule has 1 heterocycles. The maximum Gasteiger partial charge on any atom is 0.130 e. The number of nitrogen functional groups attached to an aromatic ring is 1. The van der Waals surface area contributed by atoms with Crippen molar-refractivity contribution in [3.63, 3.8) is 0 Å². The van der Waals surface area contributed by atoms with Crippen LogP contribution in [0, 0.1) is 0 Å². The lowest BCUT2D eigenvalue weighted by atomic mass is 10.00. The minimum absolute atomic E-state index is 0.789. The molecule has 1 aliphatic rings. The molecule has 0 unspecified atom stereocenters. The van der Waals surface area contributed by atoms with Gasteiger partial charge < -0.3 is 11.1 Å². The molecule has 3 N–H and O–H groups in total. The Kier molecular flexibility index (Phi) is 2.73. The molecule has 18 heavy (non-hydrogen) atoms. The van der Waals surface area contributed by atoms with Gasteiger partial charge in [0.05, 0.1) is 12.2 Å². The van der Waals surface area contributed by atoms with E-state index in [0.717, 1.165) is 41.3 Å². The second-order valence-electron chi connectivity index (χ2n) is 4.29. The monoisotopic (exact) mass is 237 g/mol. The SMILES string of the molecule is Nc1c(C2=NCCN2)cccc1-c1ccccc1. The predicted octanol–water partition coefficient (Wildman–Crippen LogP) is 2.29. The van der Waals surface area contributed by atoms with Gasteiger partial charge in [-0.1, -0.05) is 42.5 Å². The molecule has 0 atom stereocenters. The normalized spacial score (nSPS) is 14.1. The molecule has 0 saturated heterocycles. The largest absolute Gasteiger partial charge is 0.398 e. The molecular weight excluding hydrogens is 222 g/mol. The molecule has 0 aliphatic carbocycles. The summed E-state index contributed by atoms with van der Waals surface area (Å²) in [4.78, 5) is 4.43. The van der Waals surface area contributed by atoms with Crippen LogP contribution in [0.25, 0.3) is 11.1 Å². The molecule has 0 bridgehead atoms. The molecule has 3 heteroatoms. The smallest absolute Gasteiger partial charge is 0.130 e. The summed E-state index contributed by atoms with van der Waals surface area (Å²) < 4.78 is 0. The van der Waals surface area contributed by atoms with Gasteiger partial charge in [0.2, 0.25) is 0 Å². The number of nitrogens with zero attached hydrogens (tertiary/aromatic N) is 1. The van der Waals surface area contributed by atoms with E-state index < -0.39 is 0 Å². The second-order valence-corrected chi connectivity index (χ2v) is 4.29. The fraction of sp³-hybridized carbons (Fsp3) is 0.133. The van der Waals surface area contributed by atoms with E-state index in [1.165, 1.54) is 0 Å². The molecule has 3 nitrogen and oxygen atoms in total. The van der Waals surface area contributed by atoms with Crippen LogP contribution in [0.15, 0.2) is 53.5 Å². The van der Waals surface area contributed by atoms with Crippen LogP contribution in [0.2, 0.25) is 0 Å². The Labute approximate surface area is 106 Å². The highest BCUT2D eigenvalue weighted by atomic mass is 15.1. The van der Waals surface area contributed by atoms with E-state index in [4.69, 9.17) is 5.73 Å². The van der Waals surface area contributed by atoms with Crippen molar-refractivity contribution in [2.24, 2.45) is 4.99 Å². The van der Waals surface area contributed by atoms with Gasteiger partial charge in [-0.15, -0.1) is 0 Å². The lowest BCUT2D eigenvalue weighted by Gasteiger charge is -2.11. The average Bonchev–Trinajstić information content (AvgIpc) is 2.94. The van der Waals surface area contributed by atoms with Crippen LogP contribution >= 0.6 is 0 Å². The summed E-state index contributed by atoms with van der Waals surface area (Å²) >= 11 is 0. The first-order chi connectivity index (χ1) is 8.86. The maximum absolute atomic E-state index is 6.27. The van der Waals surface area contributed by atoms with Gasteiger partial charge >= 0.3 is 0 Å². The Balaban J connectivity index is 2.10. The zero-order valence-electron chi connectivity index (χ0n) is 10.1. The molecule has 2 aromatic rings. The summed E-state index contributed by atoms with van der Waals surface area (Å²) in [5.41, 5.74) is 10.3. The summed E-state index contributed by atoms with van der Waals surface area (Å²) in [7, 11) is 0. The van der Waals surface area contributed by atoms with Gasteiger partial charge in [0, 0.05) is 17.7 Å². The zero-order valence-corrected chi connectivity index (χ0v) is 10.1. The van der Waals surface area contributed by atoms with E-state index in [1.807, 2.05) is 36.4 Å². The quantitative estimate of drug-likeness (QED) is 0.787. The van der Waals surface area contributed by atoms with E-state index >= 15 is 0 Å². The number of nitrogens with one attached hydrogen (secondary N) is 1. The number of amidine groups is 1. The van der Waals surface area contributed by atoms with E-state index in [-0.39, 0.29) is 0 Å². The van der Waals surface area contributed by atoms with Gasteiger partial charge in [-0.05, 0) is 11.6 Å². The molecular formula is C15H15N3. The number of nitrogens with two attached hydrogens (primary N) is 1. The van der Waals surface area contributed by atoms with Gasteiger partial charge in [-0.25, -0.2) is 0 Å². The molecule has 2 aromatic carbocycles. The predicted molar refractivity (Wildman–Crippen MR) is 75.7 cm³/mol.